The summed E-state index contributed by atoms with van der Waals surface area (Å²) in [4.78, 5) is 2.44. The molecule has 0 aromatic heterocycles. The van der Waals surface area contributed by atoms with E-state index in [0.717, 1.165) is 12.5 Å². The molecule has 1 N–H and O–H groups in total. The minimum Gasteiger partial charge on any atom is -0.312 e. The fraction of sp³-hybridized carbons (Fsp3) is 1.00. The van der Waals surface area contributed by atoms with Crippen molar-refractivity contribution in [1.82, 2.24) is 10.2 Å². The second-order valence-corrected chi connectivity index (χ2v) is 6.94. The van der Waals surface area contributed by atoms with Crippen LogP contribution in [0.1, 0.15) is 59.8 Å². The summed E-state index contributed by atoms with van der Waals surface area (Å²) < 4.78 is 0. The van der Waals surface area contributed by atoms with Gasteiger partial charge < -0.3 is 10.2 Å². The van der Waals surface area contributed by atoms with Gasteiger partial charge in [0.05, 0.1) is 0 Å². The Balaban J connectivity index is 2.64. The van der Waals surface area contributed by atoms with Gasteiger partial charge in [-0.3, -0.25) is 0 Å². The van der Waals surface area contributed by atoms with Gasteiger partial charge in [-0.05, 0) is 57.7 Å². The van der Waals surface area contributed by atoms with Gasteiger partial charge in [0.25, 0.3) is 0 Å². The Morgan fingerprint density at radius 3 is 2.33 bits per heavy atom. The highest BCUT2D eigenvalue weighted by Gasteiger charge is 2.37. The molecular weight excluding hydrogens is 220 g/mol. The molecule has 1 saturated carbocycles. The molecule has 0 spiro atoms. The Hall–Kier alpha value is -0.0800. The van der Waals surface area contributed by atoms with E-state index in [2.05, 4.69) is 52.0 Å². The Morgan fingerprint density at radius 1 is 1.17 bits per heavy atom. The summed E-state index contributed by atoms with van der Waals surface area (Å²) in [6.07, 6.45) is 6.63. The highest BCUT2D eigenvalue weighted by molar-refractivity contribution is 4.93. The lowest BCUT2D eigenvalue weighted by Crippen LogP contribution is -2.52. The smallest absolute Gasteiger partial charge is 0.0246 e. The van der Waals surface area contributed by atoms with Crippen molar-refractivity contribution in [2.45, 2.75) is 71.9 Å². The molecule has 18 heavy (non-hydrogen) atoms. The van der Waals surface area contributed by atoms with E-state index in [1.54, 1.807) is 0 Å². The molecule has 0 radical (unpaired) electrons. The van der Waals surface area contributed by atoms with Crippen LogP contribution in [0, 0.1) is 11.3 Å². The summed E-state index contributed by atoms with van der Waals surface area (Å²) in [5.41, 5.74) is 0.504. The molecule has 2 nitrogen and oxygen atoms in total. The van der Waals surface area contributed by atoms with Gasteiger partial charge in [-0.1, -0.05) is 34.1 Å². The zero-order chi connectivity index (χ0) is 13.8. The van der Waals surface area contributed by atoms with Crippen molar-refractivity contribution in [1.29, 1.82) is 0 Å². The molecule has 0 aliphatic heterocycles. The summed E-state index contributed by atoms with van der Waals surface area (Å²) in [7, 11) is 4.49. The van der Waals surface area contributed by atoms with Gasteiger partial charge in [0.2, 0.25) is 0 Å². The van der Waals surface area contributed by atoms with Crippen molar-refractivity contribution < 1.29 is 0 Å². The van der Waals surface area contributed by atoms with E-state index in [1.165, 1.54) is 32.1 Å². The number of nitrogens with one attached hydrogen (secondary N) is 1. The average Bonchev–Trinajstić information content (AvgIpc) is 2.35. The van der Waals surface area contributed by atoms with Crippen LogP contribution in [0.5, 0.6) is 0 Å². The van der Waals surface area contributed by atoms with E-state index in [-0.39, 0.29) is 0 Å². The Kier molecular flexibility index (Phi) is 6.13. The summed E-state index contributed by atoms with van der Waals surface area (Å²) >= 11 is 0. The number of likely N-dealkylation sites (N-methyl/N-ethyl adjacent to an activating group) is 1. The van der Waals surface area contributed by atoms with E-state index < -0.39 is 0 Å². The van der Waals surface area contributed by atoms with E-state index in [1.807, 2.05) is 0 Å². The zero-order valence-corrected chi connectivity index (χ0v) is 13.4. The number of nitrogens with zero attached hydrogens (tertiary/aromatic N) is 1. The molecule has 0 amide bonds. The fourth-order valence-corrected chi connectivity index (χ4v) is 3.28. The molecule has 1 fully saturated rings. The van der Waals surface area contributed by atoms with Crippen molar-refractivity contribution >= 4 is 0 Å². The lowest BCUT2D eigenvalue weighted by atomic mass is 9.67. The van der Waals surface area contributed by atoms with Crippen LogP contribution in [0.2, 0.25) is 0 Å². The molecule has 0 aromatic carbocycles. The molecule has 1 aliphatic carbocycles. The van der Waals surface area contributed by atoms with Crippen LogP contribution in [0.3, 0.4) is 0 Å². The first-order chi connectivity index (χ1) is 8.42. The van der Waals surface area contributed by atoms with Crippen LogP contribution in [-0.2, 0) is 0 Å². The highest BCUT2D eigenvalue weighted by Crippen LogP contribution is 2.41. The molecule has 3 atom stereocenters. The Morgan fingerprint density at radius 2 is 1.83 bits per heavy atom. The van der Waals surface area contributed by atoms with E-state index in [4.69, 9.17) is 0 Å². The topological polar surface area (TPSA) is 15.3 Å². The summed E-state index contributed by atoms with van der Waals surface area (Å²) in [5, 5.41) is 3.75. The SMILES string of the molecule is CCCNC1CCC(C(C)(C)CC)CC1N(C)C. The molecule has 3 unspecified atom stereocenters. The zero-order valence-electron chi connectivity index (χ0n) is 13.4. The number of hydrogen-bond donors (Lipinski definition) is 1. The van der Waals surface area contributed by atoms with Crippen LogP contribution in [0.25, 0.3) is 0 Å². The van der Waals surface area contributed by atoms with Crippen molar-refractivity contribution in [2.24, 2.45) is 11.3 Å². The van der Waals surface area contributed by atoms with Gasteiger partial charge in [0.1, 0.15) is 0 Å². The van der Waals surface area contributed by atoms with Gasteiger partial charge >= 0.3 is 0 Å². The first-order valence-electron chi connectivity index (χ1n) is 7.82. The van der Waals surface area contributed by atoms with Crippen LogP contribution in [-0.4, -0.2) is 37.6 Å². The number of rotatable bonds is 6. The molecule has 0 heterocycles. The van der Waals surface area contributed by atoms with Gasteiger partial charge in [0.15, 0.2) is 0 Å². The van der Waals surface area contributed by atoms with Crippen molar-refractivity contribution in [3.63, 3.8) is 0 Å². The summed E-state index contributed by atoms with van der Waals surface area (Å²) in [6.45, 7) is 10.7. The second-order valence-electron chi connectivity index (χ2n) is 6.94. The van der Waals surface area contributed by atoms with Crippen molar-refractivity contribution in [3.05, 3.63) is 0 Å². The van der Waals surface area contributed by atoms with Gasteiger partial charge in [-0.15, -0.1) is 0 Å². The van der Waals surface area contributed by atoms with E-state index in [0.29, 0.717) is 17.5 Å². The Labute approximate surface area is 115 Å². The molecule has 0 bridgehead atoms. The van der Waals surface area contributed by atoms with Gasteiger partial charge in [-0.25, -0.2) is 0 Å². The number of hydrogen-bond acceptors (Lipinski definition) is 2. The predicted octanol–water partition coefficient (Wildman–Crippen LogP) is 3.52. The summed E-state index contributed by atoms with van der Waals surface area (Å²) in [5.74, 6) is 0.884. The van der Waals surface area contributed by atoms with Crippen molar-refractivity contribution in [2.75, 3.05) is 20.6 Å². The third-order valence-corrected chi connectivity index (χ3v) is 5.15. The molecule has 1 aliphatic rings. The molecular formula is C16H34N2. The predicted molar refractivity (Wildman–Crippen MR) is 81.0 cm³/mol. The van der Waals surface area contributed by atoms with Crippen LogP contribution in [0.4, 0.5) is 0 Å². The van der Waals surface area contributed by atoms with Crippen molar-refractivity contribution in [3.8, 4) is 0 Å². The van der Waals surface area contributed by atoms with Gasteiger partial charge in [-0.2, -0.15) is 0 Å². The molecule has 0 saturated heterocycles. The van der Waals surface area contributed by atoms with E-state index >= 15 is 0 Å². The van der Waals surface area contributed by atoms with Crippen LogP contribution in [0.15, 0.2) is 0 Å². The normalized spacial score (nSPS) is 29.8. The average molecular weight is 254 g/mol. The van der Waals surface area contributed by atoms with Crippen LogP contribution < -0.4 is 5.32 Å². The third kappa shape index (κ3) is 3.96. The second kappa shape index (κ2) is 6.91. The maximum absolute atomic E-state index is 3.75. The maximum atomic E-state index is 3.75. The molecule has 108 valence electrons. The monoisotopic (exact) mass is 254 g/mol. The first-order valence-corrected chi connectivity index (χ1v) is 7.82. The van der Waals surface area contributed by atoms with E-state index in [9.17, 15) is 0 Å². The molecule has 0 aromatic rings. The largest absolute Gasteiger partial charge is 0.312 e. The molecule has 1 rings (SSSR count). The fourth-order valence-electron chi connectivity index (χ4n) is 3.28. The van der Waals surface area contributed by atoms with Crippen LogP contribution >= 0.6 is 0 Å². The molecule has 2 heteroatoms. The lowest BCUT2D eigenvalue weighted by molar-refractivity contribution is 0.0732. The first kappa shape index (κ1) is 16.0. The third-order valence-electron chi connectivity index (χ3n) is 5.15. The minimum atomic E-state index is 0.504. The lowest BCUT2D eigenvalue weighted by Gasteiger charge is -2.45. The Bertz CT molecular complexity index is 235. The standard InChI is InChI=1S/C16H34N2/c1-7-11-17-14-10-9-13(16(3,4)8-2)12-15(14)18(5)6/h13-15,17H,7-12H2,1-6H3. The summed E-state index contributed by atoms with van der Waals surface area (Å²) in [6, 6.07) is 1.41. The quantitative estimate of drug-likeness (QED) is 0.780. The minimum absolute atomic E-state index is 0.504. The van der Waals surface area contributed by atoms with Gasteiger partial charge in [0, 0.05) is 12.1 Å². The maximum Gasteiger partial charge on any atom is 0.0246 e. The highest BCUT2D eigenvalue weighted by atomic mass is 15.1.